The fourth-order valence-corrected chi connectivity index (χ4v) is 5.71. The minimum atomic E-state index is -0.0237. The van der Waals surface area contributed by atoms with Gasteiger partial charge in [0.25, 0.3) is 5.91 Å². The molecule has 0 bridgehead atoms. The summed E-state index contributed by atoms with van der Waals surface area (Å²) in [6.07, 6.45) is 11.8. The number of piperidine rings is 1. The number of anilines is 1. The standard InChI is InChI=1S/C24H31N7O/c1-16-15-31-21(25-23(16)29-11-6-7-12-29)14-19(28-31)20-10-4-5-13-30(20)24(32)22-17-8-2-3-9-18(17)26-27-22/h14-15,20H,2-13H2,1H3,(H,26,27). The summed E-state index contributed by atoms with van der Waals surface area (Å²) in [5, 5.41) is 12.5. The van der Waals surface area contributed by atoms with Crippen molar-refractivity contribution in [2.75, 3.05) is 24.5 Å². The van der Waals surface area contributed by atoms with E-state index in [1.54, 1.807) is 0 Å². The van der Waals surface area contributed by atoms with Crippen LogP contribution in [0.15, 0.2) is 12.3 Å². The largest absolute Gasteiger partial charge is 0.356 e. The van der Waals surface area contributed by atoms with Crippen molar-refractivity contribution in [3.63, 3.8) is 0 Å². The van der Waals surface area contributed by atoms with Crippen LogP contribution in [0.3, 0.4) is 0 Å². The summed E-state index contributed by atoms with van der Waals surface area (Å²) in [7, 11) is 0. The molecule has 8 heteroatoms. The molecule has 32 heavy (non-hydrogen) atoms. The average molecular weight is 434 g/mol. The number of fused-ring (bicyclic) bond motifs is 2. The van der Waals surface area contributed by atoms with Gasteiger partial charge < -0.3 is 9.80 Å². The second-order valence-electron chi connectivity index (χ2n) is 9.56. The lowest BCUT2D eigenvalue weighted by Gasteiger charge is -2.34. The topological polar surface area (TPSA) is 82.4 Å². The Hall–Kier alpha value is -2.90. The van der Waals surface area contributed by atoms with Gasteiger partial charge in [-0.25, -0.2) is 9.50 Å². The number of hydrogen-bond acceptors (Lipinski definition) is 5. The third kappa shape index (κ3) is 3.27. The van der Waals surface area contributed by atoms with Gasteiger partial charge in [0.2, 0.25) is 0 Å². The second-order valence-corrected chi connectivity index (χ2v) is 9.56. The number of aromatic nitrogens is 5. The number of aryl methyl sites for hydroxylation is 2. The summed E-state index contributed by atoms with van der Waals surface area (Å²) in [6, 6.07) is 2.05. The highest BCUT2D eigenvalue weighted by Crippen LogP contribution is 2.34. The predicted molar refractivity (Wildman–Crippen MR) is 122 cm³/mol. The van der Waals surface area contributed by atoms with Crippen molar-refractivity contribution in [2.24, 2.45) is 0 Å². The second kappa shape index (κ2) is 7.90. The number of nitrogens with zero attached hydrogens (tertiary/aromatic N) is 6. The van der Waals surface area contributed by atoms with Crippen molar-refractivity contribution in [3.8, 4) is 0 Å². The first-order chi connectivity index (χ1) is 15.7. The zero-order valence-corrected chi connectivity index (χ0v) is 18.8. The Labute approximate surface area is 188 Å². The molecule has 2 fully saturated rings. The van der Waals surface area contributed by atoms with E-state index in [-0.39, 0.29) is 11.9 Å². The predicted octanol–water partition coefficient (Wildman–Crippen LogP) is 3.61. The molecule has 0 aromatic carbocycles. The molecule has 0 saturated carbocycles. The number of H-pyrrole nitrogens is 1. The summed E-state index contributed by atoms with van der Waals surface area (Å²) in [6.45, 7) is 5.01. The van der Waals surface area contributed by atoms with Crippen LogP contribution in [0.4, 0.5) is 5.82 Å². The van der Waals surface area contributed by atoms with Crippen molar-refractivity contribution in [2.45, 2.75) is 70.8 Å². The quantitative estimate of drug-likeness (QED) is 0.682. The first-order valence-corrected chi connectivity index (χ1v) is 12.2. The van der Waals surface area contributed by atoms with Crippen molar-refractivity contribution in [1.82, 2.24) is 29.7 Å². The van der Waals surface area contributed by atoms with Gasteiger partial charge in [-0.1, -0.05) is 0 Å². The fraction of sp³-hybridized carbons (Fsp3) is 0.583. The number of rotatable bonds is 3. The molecule has 1 N–H and O–H groups in total. The van der Waals surface area contributed by atoms with Gasteiger partial charge in [-0.05, 0) is 64.7 Å². The third-order valence-corrected chi connectivity index (χ3v) is 7.39. The summed E-state index contributed by atoms with van der Waals surface area (Å²) < 4.78 is 1.89. The zero-order chi connectivity index (χ0) is 21.7. The monoisotopic (exact) mass is 433 g/mol. The Morgan fingerprint density at radius 2 is 1.88 bits per heavy atom. The number of hydrogen-bond donors (Lipinski definition) is 1. The highest BCUT2D eigenvalue weighted by molar-refractivity contribution is 5.94. The van der Waals surface area contributed by atoms with E-state index in [0.29, 0.717) is 5.69 Å². The summed E-state index contributed by atoms with van der Waals surface area (Å²) >= 11 is 0. The lowest BCUT2D eigenvalue weighted by molar-refractivity contribution is 0.0598. The van der Waals surface area contributed by atoms with Crippen LogP contribution in [0.2, 0.25) is 0 Å². The van der Waals surface area contributed by atoms with Gasteiger partial charge >= 0.3 is 0 Å². The van der Waals surface area contributed by atoms with Gasteiger partial charge in [0, 0.05) is 48.7 Å². The Kier molecular flexibility index (Phi) is 4.88. The molecule has 2 aliphatic heterocycles. The minimum Gasteiger partial charge on any atom is -0.356 e. The molecular weight excluding hydrogens is 402 g/mol. The Morgan fingerprint density at radius 1 is 1.06 bits per heavy atom. The van der Waals surface area contributed by atoms with Crippen molar-refractivity contribution in [3.05, 3.63) is 40.5 Å². The number of aromatic amines is 1. The molecule has 168 valence electrons. The van der Waals surface area contributed by atoms with Gasteiger partial charge in [-0.15, -0.1) is 0 Å². The first-order valence-electron chi connectivity index (χ1n) is 12.2. The van der Waals surface area contributed by atoms with Gasteiger partial charge in [-0.2, -0.15) is 10.2 Å². The molecule has 0 radical (unpaired) electrons. The van der Waals surface area contributed by atoms with Crippen LogP contribution in [-0.4, -0.2) is 55.2 Å². The number of likely N-dealkylation sites (tertiary alicyclic amines) is 1. The van der Waals surface area contributed by atoms with E-state index in [9.17, 15) is 4.79 Å². The molecule has 1 atom stereocenters. The van der Waals surface area contributed by atoms with E-state index in [4.69, 9.17) is 10.1 Å². The maximum Gasteiger partial charge on any atom is 0.275 e. The number of carbonyl (C=O) groups is 1. The summed E-state index contributed by atoms with van der Waals surface area (Å²) in [5.41, 5.74) is 5.85. The van der Waals surface area contributed by atoms with Gasteiger partial charge in [0.05, 0.1) is 11.7 Å². The van der Waals surface area contributed by atoms with E-state index in [2.05, 4.69) is 34.3 Å². The minimum absolute atomic E-state index is 0.0237. The highest BCUT2D eigenvalue weighted by atomic mass is 16.2. The Balaban J connectivity index is 1.33. The lowest BCUT2D eigenvalue weighted by atomic mass is 9.94. The van der Waals surface area contributed by atoms with Crippen molar-refractivity contribution < 1.29 is 4.79 Å². The van der Waals surface area contributed by atoms with Crippen LogP contribution in [0, 0.1) is 6.92 Å². The molecule has 3 aromatic rings. The molecule has 8 nitrogen and oxygen atoms in total. The molecule has 5 heterocycles. The van der Waals surface area contributed by atoms with E-state index in [1.807, 2.05) is 9.42 Å². The smallest absolute Gasteiger partial charge is 0.275 e. The fourth-order valence-electron chi connectivity index (χ4n) is 5.71. The van der Waals surface area contributed by atoms with Gasteiger partial charge in [-0.3, -0.25) is 9.89 Å². The molecule has 1 aliphatic carbocycles. The molecule has 3 aliphatic rings. The van der Waals surface area contributed by atoms with E-state index in [1.165, 1.54) is 19.3 Å². The average Bonchev–Trinajstić information content (AvgIpc) is 3.57. The van der Waals surface area contributed by atoms with Crippen LogP contribution in [-0.2, 0) is 12.8 Å². The number of amides is 1. The lowest BCUT2D eigenvalue weighted by Crippen LogP contribution is -2.39. The number of carbonyl (C=O) groups excluding carboxylic acids is 1. The van der Waals surface area contributed by atoms with Crippen LogP contribution >= 0.6 is 0 Å². The molecule has 6 rings (SSSR count). The summed E-state index contributed by atoms with van der Waals surface area (Å²) in [4.78, 5) is 22.9. The zero-order valence-electron chi connectivity index (χ0n) is 18.8. The molecule has 1 unspecified atom stereocenters. The van der Waals surface area contributed by atoms with Crippen LogP contribution in [0.5, 0.6) is 0 Å². The van der Waals surface area contributed by atoms with Gasteiger partial charge in [0.1, 0.15) is 5.82 Å². The Morgan fingerprint density at radius 3 is 2.75 bits per heavy atom. The summed E-state index contributed by atoms with van der Waals surface area (Å²) in [5.74, 6) is 1.12. The molecular formula is C24H31N7O. The van der Waals surface area contributed by atoms with Crippen LogP contribution in [0.25, 0.3) is 5.65 Å². The first kappa shape index (κ1) is 19.8. The maximum atomic E-state index is 13.6. The van der Waals surface area contributed by atoms with Gasteiger partial charge in [0.15, 0.2) is 11.3 Å². The molecule has 2 saturated heterocycles. The van der Waals surface area contributed by atoms with Crippen LogP contribution in [0.1, 0.15) is 84.0 Å². The van der Waals surface area contributed by atoms with Crippen molar-refractivity contribution in [1.29, 1.82) is 0 Å². The SMILES string of the molecule is Cc1cn2nc(C3CCCCN3C(=O)c3n[nH]c4c3CCCC4)cc2nc1N1CCCC1. The molecule has 1 amide bonds. The highest BCUT2D eigenvalue weighted by Gasteiger charge is 2.34. The van der Waals surface area contributed by atoms with Crippen molar-refractivity contribution >= 4 is 17.4 Å². The van der Waals surface area contributed by atoms with E-state index < -0.39 is 0 Å². The third-order valence-electron chi connectivity index (χ3n) is 7.39. The van der Waals surface area contributed by atoms with E-state index >= 15 is 0 Å². The molecule has 0 spiro atoms. The maximum absolute atomic E-state index is 13.6. The molecule has 3 aromatic heterocycles. The number of nitrogens with one attached hydrogen (secondary N) is 1. The van der Waals surface area contributed by atoms with Crippen LogP contribution < -0.4 is 4.90 Å². The Bertz CT molecular complexity index is 1160. The normalized spacial score (nSPS) is 21.3. The van der Waals surface area contributed by atoms with E-state index in [0.717, 1.165) is 92.1 Å².